The average Bonchev–Trinajstić information content (AvgIpc) is 2.84. The molecule has 3 amide bonds. The van der Waals surface area contributed by atoms with Crippen LogP contribution in [0.25, 0.3) is 0 Å². The van der Waals surface area contributed by atoms with Crippen LogP contribution in [0.4, 0.5) is 4.79 Å². The first-order valence-corrected chi connectivity index (χ1v) is 12.2. The van der Waals surface area contributed by atoms with Crippen LogP contribution in [0.5, 0.6) is 0 Å². The van der Waals surface area contributed by atoms with Gasteiger partial charge in [-0.3, -0.25) is 4.79 Å². The van der Waals surface area contributed by atoms with E-state index in [4.69, 9.17) is 4.74 Å². The van der Waals surface area contributed by atoms with Crippen molar-refractivity contribution < 1.29 is 14.3 Å². The molecule has 1 aromatic rings. The summed E-state index contributed by atoms with van der Waals surface area (Å²) in [6, 6.07) is 10.3. The Bertz CT molecular complexity index is 712. The number of piperidine rings is 1. The molecule has 6 nitrogen and oxygen atoms in total. The highest BCUT2D eigenvalue weighted by atomic mass is 16.5. The second-order valence-electron chi connectivity index (χ2n) is 9.39. The van der Waals surface area contributed by atoms with Crippen LogP contribution in [0.2, 0.25) is 0 Å². The molecule has 1 aliphatic carbocycles. The summed E-state index contributed by atoms with van der Waals surface area (Å²) in [5.41, 5.74) is 1.18. The van der Waals surface area contributed by atoms with E-state index in [1.807, 2.05) is 23.1 Å². The Labute approximate surface area is 186 Å². The van der Waals surface area contributed by atoms with Crippen molar-refractivity contribution in [3.63, 3.8) is 0 Å². The molecule has 170 valence electrons. The van der Waals surface area contributed by atoms with Crippen LogP contribution >= 0.6 is 0 Å². The van der Waals surface area contributed by atoms with Crippen molar-refractivity contribution in [2.45, 2.75) is 69.9 Å². The van der Waals surface area contributed by atoms with Crippen LogP contribution in [0.15, 0.2) is 30.3 Å². The van der Waals surface area contributed by atoms with Crippen molar-refractivity contribution in [2.24, 2.45) is 11.8 Å². The number of hydrogen-bond acceptors (Lipinski definition) is 3. The fourth-order valence-electron chi connectivity index (χ4n) is 5.38. The molecular formula is C25H37N3O3. The summed E-state index contributed by atoms with van der Waals surface area (Å²) in [7, 11) is 0. The van der Waals surface area contributed by atoms with Crippen molar-refractivity contribution in [1.82, 2.24) is 15.5 Å². The van der Waals surface area contributed by atoms with E-state index in [-0.39, 0.29) is 30.0 Å². The van der Waals surface area contributed by atoms with Crippen molar-refractivity contribution in [3.05, 3.63) is 35.9 Å². The van der Waals surface area contributed by atoms with Gasteiger partial charge in [-0.05, 0) is 44.1 Å². The number of urea groups is 1. The highest BCUT2D eigenvalue weighted by Crippen LogP contribution is 2.33. The lowest BCUT2D eigenvalue weighted by molar-refractivity contribution is -0.137. The Morgan fingerprint density at radius 2 is 1.68 bits per heavy atom. The standard InChI is InChI=1S/C25H37N3O3/c29-24(20-10-5-2-6-11-20)28-15-13-22(14-16-28)27-25(30)26-18-21-12-7-17-31-23(21)19-8-3-1-4-9-19/h1,3-4,8-9,20-23H,2,5-7,10-18H2,(H2,26,27,30). The van der Waals surface area contributed by atoms with E-state index >= 15 is 0 Å². The molecule has 2 unspecified atom stereocenters. The Hall–Kier alpha value is -2.08. The van der Waals surface area contributed by atoms with Crippen molar-refractivity contribution in [2.75, 3.05) is 26.2 Å². The highest BCUT2D eigenvalue weighted by Gasteiger charge is 2.30. The van der Waals surface area contributed by atoms with Gasteiger partial charge < -0.3 is 20.3 Å². The summed E-state index contributed by atoms with van der Waals surface area (Å²) in [6.45, 7) is 2.91. The largest absolute Gasteiger partial charge is 0.373 e. The molecule has 4 rings (SSSR count). The van der Waals surface area contributed by atoms with E-state index in [1.54, 1.807) is 0 Å². The molecule has 3 aliphatic rings. The monoisotopic (exact) mass is 427 g/mol. The lowest BCUT2D eigenvalue weighted by Gasteiger charge is -2.35. The Kier molecular flexibility index (Phi) is 7.84. The molecule has 2 heterocycles. The Morgan fingerprint density at radius 1 is 0.935 bits per heavy atom. The molecule has 2 aliphatic heterocycles. The number of ether oxygens (including phenoxy) is 1. The minimum atomic E-state index is -0.102. The third-order valence-corrected chi connectivity index (χ3v) is 7.19. The fourth-order valence-corrected chi connectivity index (χ4v) is 5.38. The average molecular weight is 428 g/mol. The summed E-state index contributed by atoms with van der Waals surface area (Å²) in [6.07, 6.45) is 9.55. The van der Waals surface area contributed by atoms with E-state index < -0.39 is 0 Å². The molecule has 6 heteroatoms. The lowest BCUT2D eigenvalue weighted by atomic mass is 9.87. The first kappa shape index (κ1) is 22.1. The zero-order valence-corrected chi connectivity index (χ0v) is 18.6. The summed E-state index contributed by atoms with van der Waals surface area (Å²) < 4.78 is 6.03. The van der Waals surface area contributed by atoms with E-state index in [9.17, 15) is 9.59 Å². The summed E-state index contributed by atoms with van der Waals surface area (Å²) >= 11 is 0. The van der Waals surface area contributed by atoms with Gasteiger partial charge in [0.15, 0.2) is 0 Å². The van der Waals surface area contributed by atoms with Crippen LogP contribution in [0.3, 0.4) is 0 Å². The van der Waals surface area contributed by atoms with Gasteiger partial charge in [0.05, 0.1) is 6.10 Å². The maximum atomic E-state index is 12.7. The second kappa shape index (κ2) is 11.0. The number of rotatable bonds is 5. The molecule has 0 aromatic heterocycles. The van der Waals surface area contributed by atoms with E-state index in [2.05, 4.69) is 22.8 Å². The smallest absolute Gasteiger partial charge is 0.315 e. The summed E-state index contributed by atoms with van der Waals surface area (Å²) in [5, 5.41) is 6.20. The maximum Gasteiger partial charge on any atom is 0.315 e. The molecule has 0 radical (unpaired) electrons. The SMILES string of the molecule is O=C(NCC1CCCOC1c1ccccc1)NC1CCN(C(=O)C2CCCCC2)CC1. The van der Waals surface area contributed by atoms with Gasteiger partial charge in [-0.1, -0.05) is 49.6 Å². The first-order chi connectivity index (χ1) is 15.2. The number of carbonyl (C=O) groups is 2. The van der Waals surface area contributed by atoms with Gasteiger partial charge in [0.1, 0.15) is 0 Å². The Balaban J connectivity index is 1.19. The molecule has 2 saturated heterocycles. The third kappa shape index (κ3) is 6.00. The molecule has 2 atom stereocenters. The van der Waals surface area contributed by atoms with Crippen molar-refractivity contribution in [3.8, 4) is 0 Å². The molecular weight excluding hydrogens is 390 g/mol. The van der Waals surface area contributed by atoms with Gasteiger partial charge in [0.2, 0.25) is 5.91 Å². The van der Waals surface area contributed by atoms with E-state index in [1.165, 1.54) is 24.8 Å². The van der Waals surface area contributed by atoms with Gasteiger partial charge in [-0.2, -0.15) is 0 Å². The second-order valence-corrected chi connectivity index (χ2v) is 9.39. The number of likely N-dealkylation sites (tertiary alicyclic amines) is 1. The van der Waals surface area contributed by atoms with Crippen molar-refractivity contribution in [1.29, 1.82) is 0 Å². The minimum Gasteiger partial charge on any atom is -0.373 e. The van der Waals surface area contributed by atoms with Crippen LogP contribution in [-0.4, -0.2) is 49.1 Å². The van der Waals surface area contributed by atoms with E-state index in [0.717, 1.165) is 58.2 Å². The molecule has 3 fully saturated rings. The predicted molar refractivity (Wildman–Crippen MR) is 121 cm³/mol. The molecule has 1 aromatic carbocycles. The number of nitrogens with zero attached hydrogens (tertiary/aromatic N) is 1. The van der Waals surface area contributed by atoms with Crippen LogP contribution in [-0.2, 0) is 9.53 Å². The zero-order valence-electron chi connectivity index (χ0n) is 18.6. The van der Waals surface area contributed by atoms with Gasteiger partial charge in [0.25, 0.3) is 0 Å². The van der Waals surface area contributed by atoms with Crippen LogP contribution < -0.4 is 10.6 Å². The van der Waals surface area contributed by atoms with Gasteiger partial charge >= 0.3 is 6.03 Å². The number of nitrogens with one attached hydrogen (secondary N) is 2. The maximum absolute atomic E-state index is 12.7. The highest BCUT2D eigenvalue weighted by molar-refractivity contribution is 5.79. The first-order valence-electron chi connectivity index (χ1n) is 12.2. The van der Waals surface area contributed by atoms with Gasteiger partial charge in [-0.15, -0.1) is 0 Å². The summed E-state index contributed by atoms with van der Waals surface area (Å²) in [5.74, 6) is 0.862. The topological polar surface area (TPSA) is 70.7 Å². The van der Waals surface area contributed by atoms with Crippen LogP contribution in [0, 0.1) is 11.8 Å². The van der Waals surface area contributed by atoms with Gasteiger partial charge in [0, 0.05) is 44.1 Å². The lowest BCUT2D eigenvalue weighted by Crippen LogP contribution is -2.51. The molecule has 1 saturated carbocycles. The number of hydrogen-bond donors (Lipinski definition) is 2. The molecule has 0 spiro atoms. The predicted octanol–water partition coefficient (Wildman–Crippen LogP) is 4.02. The van der Waals surface area contributed by atoms with Crippen LogP contribution in [0.1, 0.15) is 69.5 Å². The third-order valence-electron chi connectivity index (χ3n) is 7.19. The van der Waals surface area contributed by atoms with E-state index in [0.29, 0.717) is 12.5 Å². The Morgan fingerprint density at radius 3 is 2.42 bits per heavy atom. The van der Waals surface area contributed by atoms with Gasteiger partial charge in [-0.25, -0.2) is 4.79 Å². The van der Waals surface area contributed by atoms with Crippen molar-refractivity contribution >= 4 is 11.9 Å². The number of benzene rings is 1. The quantitative estimate of drug-likeness (QED) is 0.745. The molecule has 31 heavy (non-hydrogen) atoms. The zero-order chi connectivity index (χ0) is 21.5. The molecule has 0 bridgehead atoms. The number of amides is 3. The molecule has 2 N–H and O–H groups in total. The normalized spacial score (nSPS) is 25.7. The number of carbonyl (C=O) groups excluding carboxylic acids is 2. The summed E-state index contributed by atoms with van der Waals surface area (Å²) in [4.78, 5) is 27.3. The minimum absolute atomic E-state index is 0.0456. The fraction of sp³-hybridized carbons (Fsp3) is 0.680.